The van der Waals surface area contributed by atoms with Gasteiger partial charge in [-0.3, -0.25) is 10.1 Å². The standard InChI is InChI=1S/C10H12N4O3S/c1-2-11-6-5-8-12-13-10(18-8)7-3-4-9(17-7)14(15)16/h3-4,11H,2,5-6H2,1H3. The molecule has 0 aliphatic rings. The van der Waals surface area contributed by atoms with Crippen LogP contribution < -0.4 is 5.32 Å². The molecule has 1 N–H and O–H groups in total. The van der Waals surface area contributed by atoms with Crippen LogP contribution in [0.3, 0.4) is 0 Å². The van der Waals surface area contributed by atoms with E-state index in [1.165, 1.54) is 23.5 Å². The van der Waals surface area contributed by atoms with Crippen molar-refractivity contribution in [3.05, 3.63) is 27.3 Å². The molecule has 0 saturated heterocycles. The molecule has 96 valence electrons. The van der Waals surface area contributed by atoms with Gasteiger partial charge in [0.25, 0.3) is 0 Å². The average Bonchev–Trinajstić information content (AvgIpc) is 2.97. The molecular weight excluding hydrogens is 256 g/mol. The number of rotatable bonds is 6. The van der Waals surface area contributed by atoms with Gasteiger partial charge < -0.3 is 9.73 Å². The zero-order chi connectivity index (χ0) is 13.0. The van der Waals surface area contributed by atoms with E-state index in [-0.39, 0.29) is 5.88 Å². The predicted molar refractivity (Wildman–Crippen MR) is 66.5 cm³/mol. The van der Waals surface area contributed by atoms with E-state index < -0.39 is 4.92 Å². The fourth-order valence-electron chi connectivity index (χ4n) is 1.37. The van der Waals surface area contributed by atoms with Crippen LogP contribution in [0, 0.1) is 10.1 Å². The molecule has 0 bridgehead atoms. The molecule has 0 aliphatic carbocycles. The number of hydrogen-bond acceptors (Lipinski definition) is 7. The van der Waals surface area contributed by atoms with Crippen molar-refractivity contribution in [2.24, 2.45) is 0 Å². The van der Waals surface area contributed by atoms with Crippen LogP contribution in [0.15, 0.2) is 16.5 Å². The molecule has 0 amide bonds. The van der Waals surface area contributed by atoms with Crippen molar-refractivity contribution >= 4 is 17.2 Å². The minimum Gasteiger partial charge on any atom is -0.398 e. The summed E-state index contributed by atoms with van der Waals surface area (Å²) in [6.45, 7) is 3.78. The molecule has 2 aromatic rings. The van der Waals surface area contributed by atoms with E-state index in [9.17, 15) is 10.1 Å². The van der Waals surface area contributed by atoms with E-state index in [1.807, 2.05) is 6.92 Å². The number of furan rings is 1. The summed E-state index contributed by atoms with van der Waals surface area (Å²) in [7, 11) is 0. The first-order chi connectivity index (χ1) is 8.70. The Morgan fingerprint density at radius 1 is 1.50 bits per heavy atom. The lowest BCUT2D eigenvalue weighted by molar-refractivity contribution is -0.401. The SMILES string of the molecule is CCNCCc1nnc(-c2ccc([N+](=O)[O-])o2)s1. The third-order valence-electron chi connectivity index (χ3n) is 2.22. The molecule has 0 aromatic carbocycles. The fraction of sp³-hybridized carbons (Fsp3) is 0.400. The quantitative estimate of drug-likeness (QED) is 0.488. The van der Waals surface area contributed by atoms with Crippen LogP contribution in [-0.4, -0.2) is 28.2 Å². The highest BCUT2D eigenvalue weighted by Gasteiger charge is 2.16. The number of nitrogens with one attached hydrogen (secondary N) is 1. The van der Waals surface area contributed by atoms with Crippen molar-refractivity contribution in [3.8, 4) is 10.8 Å². The van der Waals surface area contributed by atoms with Gasteiger partial charge in [-0.05, 0) is 12.6 Å². The maximum atomic E-state index is 10.5. The highest BCUT2D eigenvalue weighted by atomic mass is 32.1. The lowest BCUT2D eigenvalue weighted by Crippen LogP contribution is -2.15. The van der Waals surface area contributed by atoms with Crippen LogP contribution in [0.1, 0.15) is 11.9 Å². The third kappa shape index (κ3) is 2.90. The fourth-order valence-corrected chi connectivity index (χ4v) is 2.17. The number of nitrogens with zero attached hydrogens (tertiary/aromatic N) is 3. The Labute approximate surface area is 107 Å². The molecule has 0 saturated carbocycles. The number of nitro groups is 1. The highest BCUT2D eigenvalue weighted by Crippen LogP contribution is 2.28. The monoisotopic (exact) mass is 268 g/mol. The Bertz CT molecular complexity index is 537. The second-order valence-corrected chi connectivity index (χ2v) is 4.56. The van der Waals surface area contributed by atoms with E-state index in [4.69, 9.17) is 4.42 Å². The Balaban J connectivity index is 2.06. The molecule has 0 unspecified atom stereocenters. The third-order valence-corrected chi connectivity index (χ3v) is 3.21. The molecule has 18 heavy (non-hydrogen) atoms. The molecule has 7 nitrogen and oxygen atoms in total. The first kappa shape index (κ1) is 12.7. The molecule has 0 spiro atoms. The van der Waals surface area contributed by atoms with Gasteiger partial charge in [-0.15, -0.1) is 10.2 Å². The van der Waals surface area contributed by atoms with Crippen molar-refractivity contribution in [1.82, 2.24) is 15.5 Å². The Hall–Kier alpha value is -1.80. The van der Waals surface area contributed by atoms with Crippen LogP contribution in [0.5, 0.6) is 0 Å². The summed E-state index contributed by atoms with van der Waals surface area (Å²) in [6, 6.07) is 2.85. The summed E-state index contributed by atoms with van der Waals surface area (Å²) in [5, 5.41) is 23.1. The van der Waals surface area contributed by atoms with Gasteiger partial charge >= 0.3 is 5.88 Å². The van der Waals surface area contributed by atoms with Gasteiger partial charge in [0.05, 0.1) is 6.07 Å². The number of likely N-dealkylation sites (N-methyl/N-ethyl adjacent to an activating group) is 1. The minimum absolute atomic E-state index is 0.283. The van der Waals surface area contributed by atoms with Gasteiger partial charge in [0.15, 0.2) is 10.8 Å². The Kier molecular flexibility index (Phi) is 4.00. The number of hydrogen-bond donors (Lipinski definition) is 1. The lowest BCUT2D eigenvalue weighted by Gasteiger charge is -1.95. The lowest BCUT2D eigenvalue weighted by atomic mass is 10.4. The van der Waals surface area contributed by atoms with Crippen LogP contribution in [0.4, 0.5) is 5.88 Å². The molecule has 0 atom stereocenters. The number of aromatic nitrogens is 2. The summed E-state index contributed by atoms with van der Waals surface area (Å²) in [6.07, 6.45) is 0.786. The van der Waals surface area contributed by atoms with Crippen molar-refractivity contribution in [2.75, 3.05) is 13.1 Å². The molecule has 0 aliphatic heterocycles. The Morgan fingerprint density at radius 2 is 2.33 bits per heavy atom. The van der Waals surface area contributed by atoms with Crippen molar-refractivity contribution in [1.29, 1.82) is 0 Å². The van der Waals surface area contributed by atoms with E-state index >= 15 is 0 Å². The maximum Gasteiger partial charge on any atom is 0.433 e. The van der Waals surface area contributed by atoms with Gasteiger partial charge in [0.1, 0.15) is 9.93 Å². The van der Waals surface area contributed by atoms with E-state index in [1.54, 1.807) is 0 Å². The van der Waals surface area contributed by atoms with E-state index in [2.05, 4.69) is 15.5 Å². The van der Waals surface area contributed by atoms with Crippen molar-refractivity contribution in [2.45, 2.75) is 13.3 Å². The highest BCUT2D eigenvalue weighted by molar-refractivity contribution is 7.14. The zero-order valence-corrected chi connectivity index (χ0v) is 10.6. The topological polar surface area (TPSA) is 94.1 Å². The summed E-state index contributed by atoms with van der Waals surface area (Å²) in [5.74, 6) is 0.100. The summed E-state index contributed by atoms with van der Waals surface area (Å²) in [4.78, 5) is 9.92. The molecule has 2 heterocycles. The van der Waals surface area contributed by atoms with Gasteiger partial charge in [0.2, 0.25) is 0 Å². The van der Waals surface area contributed by atoms with E-state index in [0.29, 0.717) is 10.8 Å². The van der Waals surface area contributed by atoms with Crippen LogP contribution in [0.2, 0.25) is 0 Å². The van der Waals surface area contributed by atoms with Gasteiger partial charge in [-0.25, -0.2) is 0 Å². The molecule has 2 aromatic heterocycles. The van der Waals surface area contributed by atoms with Crippen molar-refractivity contribution in [3.63, 3.8) is 0 Å². The van der Waals surface area contributed by atoms with E-state index in [0.717, 1.165) is 24.5 Å². The van der Waals surface area contributed by atoms with Crippen LogP contribution in [0.25, 0.3) is 10.8 Å². The van der Waals surface area contributed by atoms with Gasteiger partial charge in [-0.2, -0.15) is 0 Å². The smallest absolute Gasteiger partial charge is 0.398 e. The van der Waals surface area contributed by atoms with Crippen molar-refractivity contribution < 1.29 is 9.34 Å². The Morgan fingerprint density at radius 3 is 3.00 bits per heavy atom. The van der Waals surface area contributed by atoms with Gasteiger partial charge in [0, 0.05) is 13.0 Å². The zero-order valence-electron chi connectivity index (χ0n) is 9.75. The second-order valence-electron chi connectivity index (χ2n) is 3.50. The minimum atomic E-state index is -0.573. The molecule has 2 rings (SSSR count). The normalized spacial score (nSPS) is 10.7. The largest absolute Gasteiger partial charge is 0.433 e. The summed E-state index contributed by atoms with van der Waals surface area (Å²) in [5.41, 5.74) is 0. The molecule has 8 heteroatoms. The molecule has 0 fully saturated rings. The average molecular weight is 268 g/mol. The molecule has 0 radical (unpaired) electrons. The summed E-state index contributed by atoms with van der Waals surface area (Å²) >= 11 is 1.38. The molecular formula is C10H12N4O3S. The first-order valence-electron chi connectivity index (χ1n) is 5.48. The van der Waals surface area contributed by atoms with Gasteiger partial charge in [-0.1, -0.05) is 18.3 Å². The predicted octanol–water partition coefficient (Wildman–Crippen LogP) is 1.86. The maximum absolute atomic E-state index is 10.5. The second kappa shape index (κ2) is 5.69. The van der Waals surface area contributed by atoms with Crippen LogP contribution >= 0.6 is 11.3 Å². The summed E-state index contributed by atoms with van der Waals surface area (Å²) < 4.78 is 5.06. The van der Waals surface area contributed by atoms with Crippen LogP contribution in [-0.2, 0) is 6.42 Å². The first-order valence-corrected chi connectivity index (χ1v) is 6.30.